The van der Waals surface area contributed by atoms with Gasteiger partial charge in [0.05, 0.1) is 0 Å². The molecule has 1 fully saturated rings. The zero-order valence-corrected chi connectivity index (χ0v) is 16.9. The molecule has 1 amide bonds. The number of benzene rings is 1. The molecule has 1 saturated carbocycles. The number of aromatic nitrogens is 2. The molecule has 5 nitrogen and oxygen atoms in total. The van der Waals surface area contributed by atoms with Crippen LogP contribution in [0.1, 0.15) is 44.1 Å². The first-order valence-corrected chi connectivity index (χ1v) is 11.1. The molecule has 1 heterocycles. The van der Waals surface area contributed by atoms with Crippen LogP contribution in [0.2, 0.25) is 5.02 Å². The maximum absolute atomic E-state index is 12.0. The lowest BCUT2D eigenvalue weighted by atomic mass is 9.96. The summed E-state index contributed by atoms with van der Waals surface area (Å²) in [6, 6.07) is 8.07. The van der Waals surface area contributed by atoms with E-state index in [0.29, 0.717) is 29.8 Å². The molecule has 3 rings (SSSR count). The van der Waals surface area contributed by atoms with Gasteiger partial charge in [-0.25, -0.2) is 0 Å². The van der Waals surface area contributed by atoms with Gasteiger partial charge in [0.15, 0.2) is 4.34 Å². The van der Waals surface area contributed by atoms with Gasteiger partial charge in [-0.1, -0.05) is 72.2 Å². The fourth-order valence-corrected chi connectivity index (χ4v) is 4.94. The molecular formula is C18H23ClN4OS2. The van der Waals surface area contributed by atoms with Crippen molar-refractivity contribution in [2.45, 2.75) is 55.5 Å². The standard InChI is InChI=1S/C18H23ClN4OS2/c19-15-9-5-4-6-13(15)12-20-16(24)10-11-25-18-23-22-17(26-18)21-14-7-2-1-3-8-14/h4-6,9,14H,1-3,7-8,10-12H2,(H,20,24)(H,21,22). The van der Waals surface area contributed by atoms with Crippen molar-refractivity contribution in [3.8, 4) is 0 Å². The predicted molar refractivity (Wildman–Crippen MR) is 109 cm³/mol. The average Bonchev–Trinajstić information content (AvgIpc) is 3.09. The average molecular weight is 411 g/mol. The Balaban J connectivity index is 1.35. The predicted octanol–water partition coefficient (Wildman–Crippen LogP) is 4.73. The highest BCUT2D eigenvalue weighted by Gasteiger charge is 2.15. The SMILES string of the molecule is O=C(CCSc1nnc(NC2CCCCC2)s1)NCc1ccccc1Cl. The zero-order chi connectivity index (χ0) is 18.2. The molecule has 1 aromatic carbocycles. The number of nitrogens with one attached hydrogen (secondary N) is 2. The van der Waals surface area contributed by atoms with Crippen molar-refractivity contribution < 1.29 is 4.79 Å². The van der Waals surface area contributed by atoms with Crippen LogP contribution >= 0.6 is 34.7 Å². The minimum Gasteiger partial charge on any atom is -0.357 e. The first-order valence-electron chi connectivity index (χ1n) is 8.93. The summed E-state index contributed by atoms with van der Waals surface area (Å²) in [5.41, 5.74) is 0.928. The second kappa shape index (κ2) is 10.1. The number of rotatable bonds is 8. The van der Waals surface area contributed by atoms with Crippen LogP contribution in [-0.2, 0) is 11.3 Å². The van der Waals surface area contributed by atoms with E-state index in [9.17, 15) is 4.79 Å². The monoisotopic (exact) mass is 410 g/mol. The molecule has 0 radical (unpaired) electrons. The van der Waals surface area contributed by atoms with Gasteiger partial charge in [0.25, 0.3) is 0 Å². The highest BCUT2D eigenvalue weighted by molar-refractivity contribution is 8.01. The molecule has 0 atom stereocenters. The van der Waals surface area contributed by atoms with Crippen LogP contribution in [0.15, 0.2) is 28.6 Å². The van der Waals surface area contributed by atoms with Crippen molar-refractivity contribution in [1.82, 2.24) is 15.5 Å². The van der Waals surface area contributed by atoms with Crippen molar-refractivity contribution in [2.24, 2.45) is 0 Å². The van der Waals surface area contributed by atoms with E-state index >= 15 is 0 Å². The lowest BCUT2D eigenvalue weighted by molar-refractivity contribution is -0.120. The normalized spacial score (nSPS) is 15.0. The maximum atomic E-state index is 12.0. The van der Waals surface area contributed by atoms with E-state index in [2.05, 4.69) is 20.8 Å². The molecule has 0 spiro atoms. The summed E-state index contributed by atoms with van der Waals surface area (Å²) in [4.78, 5) is 12.0. The Kier molecular flexibility index (Phi) is 7.58. The Hall–Kier alpha value is -1.31. The van der Waals surface area contributed by atoms with Gasteiger partial charge in [-0.2, -0.15) is 0 Å². The number of carbonyl (C=O) groups is 1. The van der Waals surface area contributed by atoms with E-state index in [0.717, 1.165) is 15.0 Å². The number of hydrogen-bond acceptors (Lipinski definition) is 6. The van der Waals surface area contributed by atoms with E-state index in [-0.39, 0.29) is 5.91 Å². The lowest BCUT2D eigenvalue weighted by Crippen LogP contribution is -2.23. The molecule has 0 unspecified atom stereocenters. The summed E-state index contributed by atoms with van der Waals surface area (Å²) in [6.45, 7) is 0.456. The molecule has 2 aromatic rings. The molecule has 0 saturated heterocycles. The Morgan fingerprint density at radius 3 is 2.85 bits per heavy atom. The molecule has 0 aliphatic heterocycles. The second-order valence-corrected chi connectivity index (χ2v) is 9.05. The Bertz CT molecular complexity index is 719. The summed E-state index contributed by atoms with van der Waals surface area (Å²) in [5.74, 6) is 0.703. The fourth-order valence-electron chi connectivity index (χ4n) is 2.90. The van der Waals surface area contributed by atoms with Gasteiger partial charge in [0.2, 0.25) is 11.0 Å². The number of thioether (sulfide) groups is 1. The number of halogens is 1. The lowest BCUT2D eigenvalue weighted by Gasteiger charge is -2.21. The number of hydrogen-bond donors (Lipinski definition) is 2. The van der Waals surface area contributed by atoms with Gasteiger partial charge < -0.3 is 10.6 Å². The summed E-state index contributed by atoms with van der Waals surface area (Å²) in [5, 5.41) is 16.4. The van der Waals surface area contributed by atoms with E-state index in [1.807, 2.05) is 24.3 Å². The third kappa shape index (κ3) is 6.14. The largest absolute Gasteiger partial charge is 0.357 e. The van der Waals surface area contributed by atoms with Gasteiger partial charge in [-0.3, -0.25) is 4.79 Å². The van der Waals surface area contributed by atoms with Gasteiger partial charge >= 0.3 is 0 Å². The van der Waals surface area contributed by atoms with Crippen LogP contribution in [-0.4, -0.2) is 27.9 Å². The van der Waals surface area contributed by atoms with Crippen LogP contribution in [0.3, 0.4) is 0 Å². The molecule has 8 heteroatoms. The summed E-state index contributed by atoms with van der Waals surface area (Å²) in [7, 11) is 0. The summed E-state index contributed by atoms with van der Waals surface area (Å²) < 4.78 is 0.905. The van der Waals surface area contributed by atoms with E-state index in [4.69, 9.17) is 11.6 Å². The second-order valence-electron chi connectivity index (χ2n) is 6.32. The highest BCUT2D eigenvalue weighted by Crippen LogP contribution is 2.28. The summed E-state index contributed by atoms with van der Waals surface area (Å²) in [6.07, 6.45) is 6.80. The van der Waals surface area contributed by atoms with Crippen molar-refractivity contribution in [2.75, 3.05) is 11.1 Å². The number of carbonyl (C=O) groups excluding carboxylic acids is 1. The van der Waals surface area contributed by atoms with Crippen molar-refractivity contribution in [3.63, 3.8) is 0 Å². The molecule has 140 valence electrons. The molecular weight excluding hydrogens is 388 g/mol. The smallest absolute Gasteiger partial charge is 0.221 e. The van der Waals surface area contributed by atoms with E-state index in [1.165, 1.54) is 32.1 Å². The maximum Gasteiger partial charge on any atom is 0.221 e. The van der Waals surface area contributed by atoms with E-state index in [1.54, 1.807) is 23.1 Å². The van der Waals surface area contributed by atoms with E-state index < -0.39 is 0 Å². The van der Waals surface area contributed by atoms with Crippen LogP contribution in [0.4, 0.5) is 5.13 Å². The number of amides is 1. The Labute approximate surface area is 167 Å². The Morgan fingerprint density at radius 2 is 2.04 bits per heavy atom. The van der Waals surface area contributed by atoms with Gasteiger partial charge in [0.1, 0.15) is 0 Å². The molecule has 26 heavy (non-hydrogen) atoms. The minimum atomic E-state index is 0.0162. The molecule has 1 aliphatic rings. The van der Waals surface area contributed by atoms with Crippen LogP contribution in [0, 0.1) is 0 Å². The molecule has 1 aromatic heterocycles. The highest BCUT2D eigenvalue weighted by atomic mass is 35.5. The molecule has 2 N–H and O–H groups in total. The van der Waals surface area contributed by atoms with Gasteiger partial charge in [0, 0.05) is 29.8 Å². The zero-order valence-electron chi connectivity index (χ0n) is 14.5. The minimum absolute atomic E-state index is 0.0162. The third-order valence-corrected chi connectivity index (χ3v) is 6.69. The van der Waals surface area contributed by atoms with Gasteiger partial charge in [-0.05, 0) is 24.5 Å². The van der Waals surface area contributed by atoms with Crippen LogP contribution in [0.5, 0.6) is 0 Å². The number of nitrogens with zero attached hydrogens (tertiary/aromatic N) is 2. The first kappa shape index (κ1) is 19.5. The van der Waals surface area contributed by atoms with Crippen molar-refractivity contribution in [1.29, 1.82) is 0 Å². The fraction of sp³-hybridized carbons (Fsp3) is 0.500. The quantitative estimate of drug-likeness (QED) is 0.615. The summed E-state index contributed by atoms with van der Waals surface area (Å²) >= 11 is 9.23. The topological polar surface area (TPSA) is 66.9 Å². The first-order chi connectivity index (χ1) is 12.7. The van der Waals surface area contributed by atoms with Crippen LogP contribution in [0.25, 0.3) is 0 Å². The van der Waals surface area contributed by atoms with Crippen molar-refractivity contribution in [3.05, 3.63) is 34.9 Å². The molecule has 0 bridgehead atoms. The number of anilines is 1. The third-order valence-electron chi connectivity index (χ3n) is 4.33. The Morgan fingerprint density at radius 1 is 1.23 bits per heavy atom. The van der Waals surface area contributed by atoms with Crippen molar-refractivity contribution >= 4 is 45.7 Å². The van der Waals surface area contributed by atoms with Gasteiger partial charge in [-0.15, -0.1) is 10.2 Å². The van der Waals surface area contributed by atoms with Crippen LogP contribution < -0.4 is 10.6 Å². The molecule has 1 aliphatic carbocycles.